The summed E-state index contributed by atoms with van der Waals surface area (Å²) in [7, 11) is 0. The number of hydrogen-bond donors (Lipinski definition) is 0. The molecule has 414 valence electrons. The SMILES string of the molecule is CC/C=C\C/C=C\C/C=C\C/C=C\C/C=C\C/C=C\C/C=C\CCCCCCCCCC(=O)OCC(COC(=O)CCCCCCCCC)OC(=O)CCCCCCCCCCCCCCCCCCCC. The van der Waals surface area contributed by atoms with Crippen molar-refractivity contribution in [2.24, 2.45) is 0 Å². The molecular weight excluding hydrogens is 889 g/mol. The summed E-state index contributed by atoms with van der Waals surface area (Å²) in [4.78, 5) is 38.0. The highest BCUT2D eigenvalue weighted by Gasteiger charge is 2.19. The second-order valence-electron chi connectivity index (χ2n) is 20.2. The topological polar surface area (TPSA) is 78.9 Å². The summed E-state index contributed by atoms with van der Waals surface area (Å²) in [5.41, 5.74) is 0. The second kappa shape index (κ2) is 60.1. The van der Waals surface area contributed by atoms with E-state index in [4.69, 9.17) is 14.2 Å². The van der Waals surface area contributed by atoms with Crippen LogP contribution in [0.2, 0.25) is 0 Å². The van der Waals surface area contributed by atoms with E-state index in [0.29, 0.717) is 19.3 Å². The minimum absolute atomic E-state index is 0.0766. The maximum atomic E-state index is 12.8. The molecular formula is C66H114O6. The maximum absolute atomic E-state index is 12.8. The molecule has 72 heavy (non-hydrogen) atoms. The third kappa shape index (κ3) is 57.5. The quantitative estimate of drug-likeness (QED) is 0.0261. The number of carbonyl (C=O) groups excluding carboxylic acids is 3. The number of hydrogen-bond acceptors (Lipinski definition) is 6. The van der Waals surface area contributed by atoms with Gasteiger partial charge in [-0.2, -0.15) is 0 Å². The van der Waals surface area contributed by atoms with Gasteiger partial charge < -0.3 is 14.2 Å². The van der Waals surface area contributed by atoms with Crippen LogP contribution in [-0.2, 0) is 28.6 Å². The van der Waals surface area contributed by atoms with Crippen LogP contribution in [0.3, 0.4) is 0 Å². The van der Waals surface area contributed by atoms with E-state index in [1.165, 1.54) is 148 Å². The Morgan fingerprint density at radius 3 is 0.847 bits per heavy atom. The van der Waals surface area contributed by atoms with Crippen molar-refractivity contribution >= 4 is 17.9 Å². The van der Waals surface area contributed by atoms with Gasteiger partial charge in [0.15, 0.2) is 6.10 Å². The molecule has 0 spiro atoms. The maximum Gasteiger partial charge on any atom is 0.306 e. The zero-order valence-electron chi connectivity index (χ0n) is 47.4. The summed E-state index contributed by atoms with van der Waals surface area (Å²) < 4.78 is 16.8. The molecule has 0 bridgehead atoms. The lowest BCUT2D eigenvalue weighted by Gasteiger charge is -2.18. The van der Waals surface area contributed by atoms with E-state index in [1.54, 1.807) is 0 Å². The molecule has 0 aliphatic heterocycles. The lowest BCUT2D eigenvalue weighted by molar-refractivity contribution is -0.167. The van der Waals surface area contributed by atoms with Gasteiger partial charge in [-0.15, -0.1) is 0 Å². The summed E-state index contributed by atoms with van der Waals surface area (Å²) >= 11 is 0. The van der Waals surface area contributed by atoms with Gasteiger partial charge in [0.05, 0.1) is 0 Å². The summed E-state index contributed by atoms with van der Waals surface area (Å²) in [6.07, 6.45) is 78.9. The van der Waals surface area contributed by atoms with Gasteiger partial charge in [0.2, 0.25) is 0 Å². The van der Waals surface area contributed by atoms with Crippen LogP contribution in [0.25, 0.3) is 0 Å². The first-order valence-electron chi connectivity index (χ1n) is 30.6. The number of unbranched alkanes of at least 4 members (excludes halogenated alkanes) is 30. The van der Waals surface area contributed by atoms with Crippen LogP contribution in [0.5, 0.6) is 0 Å². The minimum Gasteiger partial charge on any atom is -0.462 e. The van der Waals surface area contributed by atoms with Crippen LogP contribution in [-0.4, -0.2) is 37.2 Å². The fourth-order valence-electron chi connectivity index (χ4n) is 8.60. The van der Waals surface area contributed by atoms with Crippen molar-refractivity contribution in [3.8, 4) is 0 Å². The predicted molar refractivity (Wildman–Crippen MR) is 311 cm³/mol. The van der Waals surface area contributed by atoms with Gasteiger partial charge in [-0.1, -0.05) is 286 Å². The van der Waals surface area contributed by atoms with E-state index in [0.717, 1.165) is 109 Å². The molecule has 1 unspecified atom stereocenters. The Labute approximate surface area is 445 Å². The lowest BCUT2D eigenvalue weighted by Crippen LogP contribution is -2.30. The number of carbonyl (C=O) groups is 3. The first kappa shape index (κ1) is 68.6. The number of esters is 3. The van der Waals surface area contributed by atoms with Crippen molar-refractivity contribution in [3.05, 3.63) is 85.1 Å². The van der Waals surface area contributed by atoms with Crippen LogP contribution in [0.15, 0.2) is 85.1 Å². The molecule has 0 aliphatic rings. The third-order valence-corrected chi connectivity index (χ3v) is 13.2. The van der Waals surface area contributed by atoms with Crippen molar-refractivity contribution in [3.63, 3.8) is 0 Å². The summed E-state index contributed by atoms with van der Waals surface area (Å²) in [5.74, 6) is -0.884. The van der Waals surface area contributed by atoms with Gasteiger partial charge >= 0.3 is 17.9 Å². The minimum atomic E-state index is -0.776. The Kier molecular flexibility index (Phi) is 57.3. The Morgan fingerprint density at radius 2 is 0.542 bits per heavy atom. The zero-order chi connectivity index (χ0) is 52.2. The molecule has 6 heteroatoms. The van der Waals surface area contributed by atoms with Crippen molar-refractivity contribution < 1.29 is 28.6 Å². The Hall–Kier alpha value is -3.41. The molecule has 0 radical (unpaired) electrons. The molecule has 0 aromatic rings. The van der Waals surface area contributed by atoms with E-state index in [-0.39, 0.29) is 31.1 Å². The van der Waals surface area contributed by atoms with E-state index in [1.807, 2.05) is 0 Å². The van der Waals surface area contributed by atoms with Gasteiger partial charge in [-0.05, 0) is 77.0 Å². The molecule has 0 rings (SSSR count). The standard InChI is InChI=1S/C66H114O6/c1-4-7-10-13-16-18-20-22-24-26-28-29-30-31-32-33-34-35-36-37-38-40-41-43-45-47-50-53-56-59-65(68)71-62-63(61-70-64(67)58-55-52-49-15-12-9-6-3)72-66(69)60-57-54-51-48-46-44-42-39-27-25-23-21-19-17-14-11-8-5-2/h7,10,16,18,22,24,28-29,31-32,34-35,37-38,63H,4-6,8-9,11-15,17,19-21,23,25-27,30,33,36,39-62H2,1-3H3/b10-7-,18-16-,24-22-,29-28-,32-31-,35-34-,38-37-. The van der Waals surface area contributed by atoms with Crippen LogP contribution >= 0.6 is 0 Å². The molecule has 0 N–H and O–H groups in total. The van der Waals surface area contributed by atoms with Crippen molar-refractivity contribution in [2.75, 3.05) is 13.2 Å². The highest BCUT2D eigenvalue weighted by molar-refractivity contribution is 5.71. The second-order valence-corrected chi connectivity index (χ2v) is 20.2. The molecule has 0 aromatic heterocycles. The van der Waals surface area contributed by atoms with Crippen LogP contribution in [0.4, 0.5) is 0 Å². The first-order valence-corrected chi connectivity index (χ1v) is 30.6. The number of rotatable bonds is 55. The summed E-state index contributed by atoms with van der Waals surface area (Å²) in [5, 5.41) is 0. The molecule has 0 saturated carbocycles. The number of allylic oxidation sites excluding steroid dienone is 14. The van der Waals surface area contributed by atoms with Gasteiger partial charge in [0, 0.05) is 19.3 Å². The van der Waals surface area contributed by atoms with E-state index in [9.17, 15) is 14.4 Å². The van der Waals surface area contributed by atoms with Crippen molar-refractivity contribution in [1.82, 2.24) is 0 Å². The normalized spacial score (nSPS) is 12.7. The van der Waals surface area contributed by atoms with E-state index in [2.05, 4.69) is 106 Å². The molecule has 0 heterocycles. The summed E-state index contributed by atoms with van der Waals surface area (Å²) in [6.45, 7) is 6.50. The average molecular weight is 1000 g/mol. The number of ether oxygens (including phenoxy) is 3. The van der Waals surface area contributed by atoms with Gasteiger partial charge in [-0.3, -0.25) is 14.4 Å². The highest BCUT2D eigenvalue weighted by atomic mass is 16.6. The Morgan fingerprint density at radius 1 is 0.292 bits per heavy atom. The Bertz CT molecular complexity index is 1380. The third-order valence-electron chi connectivity index (χ3n) is 13.2. The monoisotopic (exact) mass is 1000 g/mol. The zero-order valence-corrected chi connectivity index (χ0v) is 47.4. The highest BCUT2D eigenvalue weighted by Crippen LogP contribution is 2.16. The van der Waals surface area contributed by atoms with E-state index >= 15 is 0 Å². The van der Waals surface area contributed by atoms with Gasteiger partial charge in [0.1, 0.15) is 13.2 Å². The van der Waals surface area contributed by atoms with Gasteiger partial charge in [0.25, 0.3) is 0 Å². The average Bonchev–Trinajstić information content (AvgIpc) is 3.38. The molecule has 0 amide bonds. The summed E-state index contributed by atoms with van der Waals surface area (Å²) in [6, 6.07) is 0. The molecule has 0 fully saturated rings. The molecule has 1 atom stereocenters. The molecule has 0 saturated heterocycles. The fraction of sp³-hybridized carbons (Fsp3) is 0.742. The molecule has 6 nitrogen and oxygen atoms in total. The largest absolute Gasteiger partial charge is 0.462 e. The van der Waals surface area contributed by atoms with Crippen LogP contribution < -0.4 is 0 Å². The van der Waals surface area contributed by atoms with Crippen LogP contribution in [0, 0.1) is 0 Å². The first-order chi connectivity index (χ1) is 35.5. The van der Waals surface area contributed by atoms with Gasteiger partial charge in [-0.25, -0.2) is 0 Å². The fourth-order valence-corrected chi connectivity index (χ4v) is 8.60. The molecule has 0 aliphatic carbocycles. The van der Waals surface area contributed by atoms with Crippen molar-refractivity contribution in [1.29, 1.82) is 0 Å². The lowest BCUT2D eigenvalue weighted by atomic mass is 10.0. The van der Waals surface area contributed by atoms with Crippen molar-refractivity contribution in [2.45, 2.75) is 303 Å². The smallest absolute Gasteiger partial charge is 0.306 e. The molecule has 0 aromatic carbocycles. The van der Waals surface area contributed by atoms with Crippen LogP contribution in [0.1, 0.15) is 297 Å². The Balaban J connectivity index is 4.17. The van der Waals surface area contributed by atoms with E-state index < -0.39 is 6.10 Å². The predicted octanol–water partition coefficient (Wildman–Crippen LogP) is 20.7.